The maximum Gasteiger partial charge on any atom is 0.240 e. The van der Waals surface area contributed by atoms with E-state index in [1.165, 1.54) is 0 Å². The Balaban J connectivity index is 1.45. The van der Waals surface area contributed by atoms with Crippen molar-refractivity contribution < 1.29 is 9.53 Å². The van der Waals surface area contributed by atoms with E-state index in [0.29, 0.717) is 30.8 Å². The van der Waals surface area contributed by atoms with Crippen molar-refractivity contribution in [2.45, 2.75) is 19.4 Å². The standard InChI is InChI=1S/C24H21N3O2/c25-16-21-8-4-5-9-22(21)18-29-23-13-10-20(11-14-23)17-26-27-24(28)15-12-19-6-2-1-3-7-19/h1-11,13-14,17H,12,15,18H2,(H,27,28). The van der Waals surface area contributed by atoms with Crippen LogP contribution in [0.3, 0.4) is 0 Å². The summed E-state index contributed by atoms with van der Waals surface area (Å²) >= 11 is 0. The number of ether oxygens (including phenoxy) is 1. The Morgan fingerprint density at radius 3 is 2.48 bits per heavy atom. The Morgan fingerprint density at radius 2 is 1.72 bits per heavy atom. The lowest BCUT2D eigenvalue weighted by Crippen LogP contribution is -2.17. The molecule has 0 aliphatic rings. The number of nitrogens with zero attached hydrogens (tertiary/aromatic N) is 2. The molecule has 3 aromatic rings. The lowest BCUT2D eigenvalue weighted by atomic mass is 10.1. The van der Waals surface area contributed by atoms with Crippen molar-refractivity contribution in [1.82, 2.24) is 5.43 Å². The van der Waals surface area contributed by atoms with Gasteiger partial charge in [-0.3, -0.25) is 4.79 Å². The smallest absolute Gasteiger partial charge is 0.240 e. The van der Waals surface area contributed by atoms with E-state index in [9.17, 15) is 4.79 Å². The number of benzene rings is 3. The fourth-order valence-corrected chi connectivity index (χ4v) is 2.70. The maximum atomic E-state index is 11.9. The van der Waals surface area contributed by atoms with Crippen molar-refractivity contribution in [1.29, 1.82) is 5.26 Å². The van der Waals surface area contributed by atoms with E-state index in [2.05, 4.69) is 16.6 Å². The molecule has 0 unspecified atom stereocenters. The first-order chi connectivity index (χ1) is 14.2. The normalized spacial score (nSPS) is 10.4. The number of hydrogen-bond donors (Lipinski definition) is 1. The molecule has 0 bridgehead atoms. The molecular formula is C24H21N3O2. The minimum Gasteiger partial charge on any atom is -0.489 e. The number of carbonyl (C=O) groups is 1. The van der Waals surface area contributed by atoms with Gasteiger partial charge in [-0.1, -0.05) is 48.5 Å². The van der Waals surface area contributed by atoms with Crippen molar-refractivity contribution in [2.24, 2.45) is 5.10 Å². The molecule has 0 atom stereocenters. The van der Waals surface area contributed by atoms with E-state index in [4.69, 9.17) is 10.00 Å². The molecule has 0 fully saturated rings. The zero-order valence-corrected chi connectivity index (χ0v) is 15.9. The monoisotopic (exact) mass is 383 g/mol. The molecule has 0 saturated heterocycles. The Labute approximate surface area is 170 Å². The molecule has 5 heteroatoms. The number of aryl methyl sites for hydroxylation is 1. The third-order valence-corrected chi connectivity index (χ3v) is 4.30. The highest BCUT2D eigenvalue weighted by Crippen LogP contribution is 2.15. The molecule has 0 heterocycles. The van der Waals surface area contributed by atoms with Crippen LogP contribution in [0.5, 0.6) is 5.75 Å². The van der Waals surface area contributed by atoms with Gasteiger partial charge in [-0.2, -0.15) is 10.4 Å². The quantitative estimate of drug-likeness (QED) is 0.467. The van der Waals surface area contributed by atoms with Crippen LogP contribution in [0.4, 0.5) is 0 Å². The summed E-state index contributed by atoms with van der Waals surface area (Å²) < 4.78 is 5.74. The van der Waals surface area contributed by atoms with Crippen LogP contribution in [0.15, 0.2) is 84.0 Å². The van der Waals surface area contributed by atoms with Crippen molar-refractivity contribution >= 4 is 12.1 Å². The summed E-state index contributed by atoms with van der Waals surface area (Å²) in [7, 11) is 0. The zero-order chi connectivity index (χ0) is 20.3. The van der Waals surface area contributed by atoms with Crippen LogP contribution in [0.25, 0.3) is 0 Å². The first-order valence-electron chi connectivity index (χ1n) is 9.31. The summed E-state index contributed by atoms with van der Waals surface area (Å²) in [6, 6.07) is 26.7. The van der Waals surface area contributed by atoms with Crippen molar-refractivity contribution in [3.05, 3.63) is 101 Å². The Kier molecular flexibility index (Phi) is 7.14. The van der Waals surface area contributed by atoms with E-state index in [1.54, 1.807) is 12.3 Å². The van der Waals surface area contributed by atoms with Gasteiger partial charge >= 0.3 is 0 Å². The average Bonchev–Trinajstić information content (AvgIpc) is 2.78. The molecular weight excluding hydrogens is 362 g/mol. The van der Waals surface area contributed by atoms with Crippen LogP contribution < -0.4 is 10.2 Å². The van der Waals surface area contributed by atoms with Crippen LogP contribution in [-0.2, 0) is 17.8 Å². The van der Waals surface area contributed by atoms with Crippen molar-refractivity contribution in [3.8, 4) is 11.8 Å². The molecule has 1 amide bonds. The van der Waals surface area contributed by atoms with Crippen LogP contribution in [0.1, 0.15) is 28.7 Å². The predicted octanol–water partition coefficient (Wildman–Crippen LogP) is 4.22. The summed E-state index contributed by atoms with van der Waals surface area (Å²) in [5.41, 5.74) is 5.97. The number of nitrogens with one attached hydrogen (secondary N) is 1. The number of rotatable bonds is 8. The van der Waals surface area contributed by atoms with Crippen LogP contribution >= 0.6 is 0 Å². The Morgan fingerprint density at radius 1 is 1.00 bits per heavy atom. The number of carbonyl (C=O) groups excluding carboxylic acids is 1. The van der Waals surface area contributed by atoms with Gasteiger partial charge in [-0.25, -0.2) is 5.43 Å². The highest BCUT2D eigenvalue weighted by Gasteiger charge is 2.02. The fourth-order valence-electron chi connectivity index (χ4n) is 2.70. The second-order valence-electron chi connectivity index (χ2n) is 6.41. The van der Waals surface area contributed by atoms with Gasteiger partial charge in [0.25, 0.3) is 0 Å². The number of nitriles is 1. The Hall–Kier alpha value is -3.91. The summed E-state index contributed by atoms with van der Waals surface area (Å²) in [5, 5.41) is 13.1. The third-order valence-electron chi connectivity index (χ3n) is 4.30. The molecule has 0 saturated carbocycles. The van der Waals surface area contributed by atoms with Gasteiger partial charge in [-0.05, 0) is 47.9 Å². The van der Waals surface area contributed by atoms with E-state index in [1.807, 2.05) is 72.8 Å². The molecule has 144 valence electrons. The molecule has 3 aromatic carbocycles. The molecule has 0 aliphatic heterocycles. The lowest BCUT2D eigenvalue weighted by Gasteiger charge is -2.07. The van der Waals surface area contributed by atoms with E-state index in [0.717, 1.165) is 16.7 Å². The van der Waals surface area contributed by atoms with Crippen molar-refractivity contribution in [3.63, 3.8) is 0 Å². The van der Waals surface area contributed by atoms with Crippen LogP contribution in [-0.4, -0.2) is 12.1 Å². The molecule has 5 nitrogen and oxygen atoms in total. The van der Waals surface area contributed by atoms with Gasteiger partial charge < -0.3 is 4.74 Å². The predicted molar refractivity (Wildman–Crippen MR) is 112 cm³/mol. The number of hydrogen-bond acceptors (Lipinski definition) is 4. The lowest BCUT2D eigenvalue weighted by molar-refractivity contribution is -0.121. The summed E-state index contributed by atoms with van der Waals surface area (Å²) in [5.74, 6) is 0.572. The molecule has 0 aromatic heterocycles. The van der Waals surface area contributed by atoms with E-state index in [-0.39, 0.29) is 5.91 Å². The highest BCUT2D eigenvalue weighted by atomic mass is 16.5. The van der Waals surface area contributed by atoms with Gasteiger partial charge in [0.2, 0.25) is 5.91 Å². The molecule has 1 N–H and O–H groups in total. The molecule has 29 heavy (non-hydrogen) atoms. The average molecular weight is 383 g/mol. The van der Waals surface area contributed by atoms with Crippen LogP contribution in [0.2, 0.25) is 0 Å². The van der Waals surface area contributed by atoms with E-state index >= 15 is 0 Å². The summed E-state index contributed by atoms with van der Waals surface area (Å²) in [6.45, 7) is 0.328. The minimum atomic E-state index is -0.124. The first-order valence-corrected chi connectivity index (χ1v) is 9.31. The summed E-state index contributed by atoms with van der Waals surface area (Å²) in [4.78, 5) is 11.9. The fraction of sp³-hybridized carbons (Fsp3) is 0.125. The third kappa shape index (κ3) is 6.33. The van der Waals surface area contributed by atoms with Gasteiger partial charge in [-0.15, -0.1) is 0 Å². The van der Waals surface area contributed by atoms with Gasteiger partial charge in [0, 0.05) is 12.0 Å². The first kappa shape index (κ1) is 19.8. The summed E-state index contributed by atoms with van der Waals surface area (Å²) in [6.07, 6.45) is 2.66. The minimum absolute atomic E-state index is 0.124. The Bertz CT molecular complexity index is 1010. The number of hydrazone groups is 1. The molecule has 0 aliphatic carbocycles. The largest absolute Gasteiger partial charge is 0.489 e. The van der Waals surface area contributed by atoms with Gasteiger partial charge in [0.05, 0.1) is 17.8 Å². The van der Waals surface area contributed by atoms with E-state index < -0.39 is 0 Å². The van der Waals surface area contributed by atoms with Gasteiger partial charge in [0.15, 0.2) is 0 Å². The van der Waals surface area contributed by atoms with Crippen LogP contribution in [0, 0.1) is 11.3 Å². The zero-order valence-electron chi connectivity index (χ0n) is 15.9. The highest BCUT2D eigenvalue weighted by molar-refractivity contribution is 5.82. The molecule has 0 spiro atoms. The van der Waals surface area contributed by atoms with Crippen molar-refractivity contribution in [2.75, 3.05) is 0 Å². The molecule has 0 radical (unpaired) electrons. The SMILES string of the molecule is N#Cc1ccccc1COc1ccc(C=NNC(=O)CCc2ccccc2)cc1. The van der Waals surface area contributed by atoms with Gasteiger partial charge in [0.1, 0.15) is 12.4 Å². The second kappa shape index (κ2) is 10.4. The topological polar surface area (TPSA) is 74.5 Å². The number of amides is 1. The molecule has 3 rings (SSSR count). The second-order valence-corrected chi connectivity index (χ2v) is 6.41. The maximum absolute atomic E-state index is 11.9.